The number of nitrogens with zero attached hydrogens (tertiary/aromatic N) is 3. The molecular formula is C18H19N3O3S. The van der Waals surface area contributed by atoms with Crippen molar-refractivity contribution in [2.75, 3.05) is 14.2 Å². The van der Waals surface area contributed by atoms with Crippen molar-refractivity contribution < 1.29 is 9.47 Å². The van der Waals surface area contributed by atoms with E-state index >= 15 is 0 Å². The van der Waals surface area contributed by atoms with E-state index in [1.165, 1.54) is 16.0 Å². The second kappa shape index (κ2) is 6.68. The van der Waals surface area contributed by atoms with Gasteiger partial charge in [-0.1, -0.05) is 0 Å². The lowest BCUT2D eigenvalue weighted by Gasteiger charge is -2.07. The second-order valence-corrected chi connectivity index (χ2v) is 6.80. The fraction of sp³-hybridized carbons (Fsp3) is 0.278. The van der Waals surface area contributed by atoms with Gasteiger partial charge < -0.3 is 9.47 Å². The van der Waals surface area contributed by atoms with E-state index in [4.69, 9.17) is 9.47 Å². The van der Waals surface area contributed by atoms with E-state index in [2.05, 4.69) is 10.1 Å². The van der Waals surface area contributed by atoms with Crippen LogP contribution in [0.2, 0.25) is 0 Å². The van der Waals surface area contributed by atoms with Crippen molar-refractivity contribution in [1.82, 2.24) is 9.66 Å². The molecule has 2 heterocycles. The van der Waals surface area contributed by atoms with Crippen LogP contribution in [0.15, 0.2) is 28.1 Å². The molecule has 6 nitrogen and oxygen atoms in total. The highest BCUT2D eigenvalue weighted by atomic mass is 32.1. The predicted octanol–water partition coefficient (Wildman–Crippen LogP) is 3.28. The molecule has 0 radical (unpaired) electrons. The van der Waals surface area contributed by atoms with Crippen molar-refractivity contribution >= 4 is 27.8 Å². The van der Waals surface area contributed by atoms with Gasteiger partial charge in [0, 0.05) is 4.88 Å². The number of thiophene rings is 1. The molecule has 1 aromatic carbocycles. The maximum atomic E-state index is 12.8. The molecule has 3 rings (SSSR count). The minimum absolute atomic E-state index is 0.152. The van der Waals surface area contributed by atoms with Crippen LogP contribution in [0.5, 0.6) is 11.5 Å². The summed E-state index contributed by atoms with van der Waals surface area (Å²) in [5.74, 6) is 1.80. The zero-order chi connectivity index (χ0) is 18.1. The van der Waals surface area contributed by atoms with Crippen LogP contribution in [0, 0.1) is 20.8 Å². The summed E-state index contributed by atoms with van der Waals surface area (Å²) < 4.78 is 11.8. The van der Waals surface area contributed by atoms with Crippen LogP contribution in [0.4, 0.5) is 0 Å². The van der Waals surface area contributed by atoms with E-state index in [-0.39, 0.29) is 5.56 Å². The van der Waals surface area contributed by atoms with Crippen LogP contribution in [0.3, 0.4) is 0 Å². The lowest BCUT2D eigenvalue weighted by atomic mass is 10.2. The summed E-state index contributed by atoms with van der Waals surface area (Å²) in [4.78, 5) is 19.2. The molecule has 0 spiro atoms. The van der Waals surface area contributed by atoms with Crippen molar-refractivity contribution in [1.29, 1.82) is 0 Å². The largest absolute Gasteiger partial charge is 0.493 e. The van der Waals surface area contributed by atoms with Crippen LogP contribution in [-0.2, 0) is 0 Å². The first-order chi connectivity index (χ1) is 12.0. The fourth-order valence-electron chi connectivity index (χ4n) is 2.58. The highest BCUT2D eigenvalue weighted by Crippen LogP contribution is 2.27. The van der Waals surface area contributed by atoms with Gasteiger partial charge in [-0.15, -0.1) is 11.3 Å². The van der Waals surface area contributed by atoms with E-state index in [0.29, 0.717) is 22.7 Å². The third kappa shape index (κ3) is 3.02. The SMILES string of the molecule is COc1ccc(/C=N/n2c(C)nc3sc(C)c(C)c3c2=O)cc1OC. The summed E-state index contributed by atoms with van der Waals surface area (Å²) in [5.41, 5.74) is 1.61. The maximum absolute atomic E-state index is 12.8. The first-order valence-electron chi connectivity index (χ1n) is 7.72. The van der Waals surface area contributed by atoms with Gasteiger partial charge in [0.25, 0.3) is 5.56 Å². The topological polar surface area (TPSA) is 65.7 Å². The van der Waals surface area contributed by atoms with E-state index < -0.39 is 0 Å². The molecule has 0 fully saturated rings. The molecule has 7 heteroatoms. The Hall–Kier alpha value is -2.67. The number of fused-ring (bicyclic) bond motifs is 1. The first kappa shape index (κ1) is 17.2. The van der Waals surface area contributed by atoms with Gasteiger partial charge in [-0.2, -0.15) is 9.78 Å². The van der Waals surface area contributed by atoms with Crippen LogP contribution in [0.1, 0.15) is 21.8 Å². The third-order valence-electron chi connectivity index (χ3n) is 4.07. The maximum Gasteiger partial charge on any atom is 0.283 e. The molecule has 0 aliphatic carbocycles. The number of methoxy groups -OCH3 is 2. The lowest BCUT2D eigenvalue weighted by molar-refractivity contribution is 0.355. The van der Waals surface area contributed by atoms with Gasteiger partial charge in [-0.05, 0) is 50.1 Å². The predicted molar refractivity (Wildman–Crippen MR) is 101 cm³/mol. The van der Waals surface area contributed by atoms with Gasteiger partial charge >= 0.3 is 0 Å². The molecule has 2 aromatic heterocycles. The van der Waals surface area contributed by atoms with Crippen molar-refractivity contribution in [3.63, 3.8) is 0 Å². The highest BCUT2D eigenvalue weighted by Gasteiger charge is 2.14. The molecule has 0 aliphatic heterocycles. The Bertz CT molecular complexity index is 1030. The van der Waals surface area contributed by atoms with Gasteiger partial charge in [-0.3, -0.25) is 4.79 Å². The molecule has 0 atom stereocenters. The normalized spacial score (nSPS) is 11.4. The summed E-state index contributed by atoms with van der Waals surface area (Å²) >= 11 is 1.53. The number of hydrogen-bond donors (Lipinski definition) is 0. The monoisotopic (exact) mass is 357 g/mol. The molecule has 0 bridgehead atoms. The average molecular weight is 357 g/mol. The number of benzene rings is 1. The summed E-state index contributed by atoms with van der Waals surface area (Å²) in [6, 6.07) is 5.44. The second-order valence-electron chi connectivity index (χ2n) is 5.60. The third-order valence-corrected chi connectivity index (χ3v) is 5.17. The highest BCUT2D eigenvalue weighted by molar-refractivity contribution is 7.18. The van der Waals surface area contributed by atoms with Crippen molar-refractivity contribution in [2.45, 2.75) is 20.8 Å². The van der Waals surface area contributed by atoms with Gasteiger partial charge in [-0.25, -0.2) is 4.98 Å². The molecule has 130 valence electrons. The molecule has 0 amide bonds. The Morgan fingerprint density at radius 2 is 1.88 bits per heavy atom. The standard InChI is InChI=1S/C18H19N3O3S/c1-10-11(2)25-17-16(10)18(22)21(12(3)20-17)19-9-13-6-7-14(23-4)15(8-13)24-5/h6-9H,1-5H3/b19-9+. The van der Waals surface area contributed by atoms with Crippen molar-refractivity contribution in [2.24, 2.45) is 5.10 Å². The molecule has 3 aromatic rings. The van der Waals surface area contributed by atoms with Gasteiger partial charge in [0.15, 0.2) is 11.5 Å². The van der Waals surface area contributed by atoms with Crippen LogP contribution >= 0.6 is 11.3 Å². The van der Waals surface area contributed by atoms with E-state index in [9.17, 15) is 4.79 Å². The number of ether oxygens (including phenoxy) is 2. The number of hydrogen-bond acceptors (Lipinski definition) is 6. The molecule has 0 saturated heterocycles. The van der Waals surface area contributed by atoms with E-state index in [0.717, 1.165) is 20.8 Å². The molecular weight excluding hydrogens is 338 g/mol. The smallest absolute Gasteiger partial charge is 0.283 e. The molecule has 0 saturated carbocycles. The van der Waals surface area contributed by atoms with Gasteiger partial charge in [0.05, 0.1) is 25.8 Å². The zero-order valence-electron chi connectivity index (χ0n) is 14.8. The van der Waals surface area contributed by atoms with Crippen molar-refractivity contribution in [3.05, 3.63) is 50.4 Å². The van der Waals surface area contributed by atoms with Gasteiger partial charge in [0.1, 0.15) is 10.7 Å². The Balaban J connectivity index is 2.07. The summed E-state index contributed by atoms with van der Waals surface area (Å²) in [6.45, 7) is 5.71. The summed E-state index contributed by atoms with van der Waals surface area (Å²) in [5, 5.41) is 4.97. The van der Waals surface area contributed by atoms with E-state index in [1.807, 2.05) is 19.9 Å². The Morgan fingerprint density at radius 1 is 1.16 bits per heavy atom. The summed E-state index contributed by atoms with van der Waals surface area (Å²) in [6.07, 6.45) is 1.61. The minimum atomic E-state index is -0.152. The molecule has 0 unspecified atom stereocenters. The average Bonchev–Trinajstić information content (AvgIpc) is 2.88. The Kier molecular flexibility index (Phi) is 4.59. The van der Waals surface area contributed by atoms with Gasteiger partial charge in [0.2, 0.25) is 0 Å². The summed E-state index contributed by atoms with van der Waals surface area (Å²) in [7, 11) is 3.16. The van der Waals surface area contributed by atoms with E-state index in [1.54, 1.807) is 39.5 Å². The number of rotatable bonds is 4. The zero-order valence-corrected chi connectivity index (χ0v) is 15.6. The Morgan fingerprint density at radius 3 is 2.56 bits per heavy atom. The number of aromatic nitrogens is 2. The van der Waals surface area contributed by atoms with Crippen LogP contribution in [-0.4, -0.2) is 30.1 Å². The quantitative estimate of drug-likeness (QED) is 0.672. The van der Waals surface area contributed by atoms with Crippen LogP contribution < -0.4 is 15.0 Å². The molecule has 25 heavy (non-hydrogen) atoms. The number of aryl methyl sites for hydroxylation is 3. The lowest BCUT2D eigenvalue weighted by Crippen LogP contribution is -2.20. The van der Waals surface area contributed by atoms with Crippen LogP contribution in [0.25, 0.3) is 10.2 Å². The van der Waals surface area contributed by atoms with Crippen molar-refractivity contribution in [3.8, 4) is 11.5 Å². The minimum Gasteiger partial charge on any atom is -0.493 e. The fourth-order valence-corrected chi connectivity index (χ4v) is 3.65. The Labute approximate surface area is 149 Å². The molecule has 0 N–H and O–H groups in total. The molecule has 0 aliphatic rings. The first-order valence-corrected chi connectivity index (χ1v) is 8.53.